The highest BCUT2D eigenvalue weighted by atomic mass is 35.5. The highest BCUT2D eigenvalue weighted by Crippen LogP contribution is 2.39. The lowest BCUT2D eigenvalue weighted by Crippen LogP contribution is -2.36. The van der Waals surface area contributed by atoms with Crippen molar-refractivity contribution in [2.75, 3.05) is 11.4 Å². The lowest BCUT2D eigenvalue weighted by molar-refractivity contribution is -0.118. The number of aromatic nitrogens is 2. The molecule has 0 bridgehead atoms. The molecule has 1 unspecified atom stereocenters. The number of hydrogen-bond donors (Lipinski definition) is 1. The maximum Gasteiger partial charge on any atom is 0.186 e. The number of Topliss-reactive ketones (excluding diaryl/α,β-unsaturated/α-hetero) is 1. The van der Waals surface area contributed by atoms with E-state index in [4.69, 9.17) is 16.6 Å². The van der Waals surface area contributed by atoms with Crippen molar-refractivity contribution in [3.63, 3.8) is 0 Å². The van der Waals surface area contributed by atoms with Crippen LogP contribution in [0, 0.1) is 6.92 Å². The third-order valence-electron chi connectivity index (χ3n) is 5.28. The highest BCUT2D eigenvalue weighted by molar-refractivity contribution is 7.22. The summed E-state index contributed by atoms with van der Waals surface area (Å²) >= 11 is 7.89. The molecule has 3 heterocycles. The van der Waals surface area contributed by atoms with Crippen molar-refractivity contribution in [3.8, 4) is 0 Å². The van der Waals surface area contributed by atoms with Crippen LogP contribution in [0.5, 0.6) is 0 Å². The van der Waals surface area contributed by atoms with Crippen LogP contribution >= 0.6 is 22.9 Å². The Bertz CT molecular complexity index is 1210. The molecule has 4 nitrogen and oxygen atoms in total. The maximum atomic E-state index is 12.5. The number of nitrogens with zero attached hydrogens (tertiary/aromatic N) is 2. The van der Waals surface area contributed by atoms with Gasteiger partial charge in [0.15, 0.2) is 5.13 Å². The molecule has 0 saturated carbocycles. The van der Waals surface area contributed by atoms with E-state index in [0.29, 0.717) is 18.1 Å². The van der Waals surface area contributed by atoms with E-state index < -0.39 is 0 Å². The molecule has 6 heteroatoms. The number of benzene rings is 2. The average Bonchev–Trinajstić information content (AvgIpc) is 3.21. The molecule has 0 aliphatic carbocycles. The summed E-state index contributed by atoms with van der Waals surface area (Å²) in [5, 5.41) is 2.71. The lowest BCUT2D eigenvalue weighted by atomic mass is 9.89. The van der Waals surface area contributed by atoms with Crippen LogP contribution in [0.25, 0.3) is 21.1 Å². The van der Waals surface area contributed by atoms with Gasteiger partial charge in [-0.25, -0.2) is 4.98 Å². The molecule has 0 spiro atoms. The van der Waals surface area contributed by atoms with E-state index in [2.05, 4.69) is 35.0 Å². The molecule has 1 atom stereocenters. The number of thiazole rings is 1. The van der Waals surface area contributed by atoms with Crippen LogP contribution in [0.1, 0.15) is 29.7 Å². The second-order valence-corrected chi connectivity index (χ2v) is 8.66. The number of ketones is 1. The summed E-state index contributed by atoms with van der Waals surface area (Å²) in [4.78, 5) is 23.0. The number of carbonyl (C=O) groups excluding carboxylic acids is 1. The Morgan fingerprint density at radius 1 is 1.30 bits per heavy atom. The van der Waals surface area contributed by atoms with Crippen molar-refractivity contribution >= 4 is 55.0 Å². The number of rotatable bonds is 2. The summed E-state index contributed by atoms with van der Waals surface area (Å²) in [6.45, 7) is 5.11. The number of hydrogen-bond acceptors (Lipinski definition) is 4. The molecule has 0 amide bonds. The zero-order chi connectivity index (χ0) is 18.7. The van der Waals surface area contributed by atoms with Gasteiger partial charge >= 0.3 is 0 Å². The van der Waals surface area contributed by atoms with Crippen LogP contribution in [-0.2, 0) is 11.3 Å². The van der Waals surface area contributed by atoms with Gasteiger partial charge in [0, 0.05) is 28.2 Å². The molecule has 136 valence electrons. The van der Waals surface area contributed by atoms with Crippen molar-refractivity contribution in [3.05, 3.63) is 58.2 Å². The first-order chi connectivity index (χ1) is 13.0. The number of aromatic amines is 1. The topological polar surface area (TPSA) is 49.0 Å². The minimum absolute atomic E-state index is 0.166. The van der Waals surface area contributed by atoms with Crippen LogP contribution in [-0.4, -0.2) is 22.3 Å². The minimum atomic E-state index is -0.185. The van der Waals surface area contributed by atoms with Crippen molar-refractivity contribution < 1.29 is 4.79 Å². The van der Waals surface area contributed by atoms with E-state index in [1.165, 1.54) is 10.3 Å². The van der Waals surface area contributed by atoms with Gasteiger partial charge in [-0.15, -0.1) is 0 Å². The molecular formula is C21H18ClN3OS. The van der Waals surface area contributed by atoms with Crippen LogP contribution in [0.15, 0.2) is 36.4 Å². The fraction of sp³-hybridized carbons (Fsp3) is 0.238. The summed E-state index contributed by atoms with van der Waals surface area (Å²) in [5.74, 6) is -0.0199. The zero-order valence-corrected chi connectivity index (χ0v) is 16.6. The standard InChI is InChI=1S/C21H18ClN3OS/c1-11-3-5-17-19(7-11)27-21(24-17)25-9-15(12(2)26)20-14-8-13(22)4-6-16(14)23-18(20)10-25/h3-8,15,23H,9-10H2,1-2H3. The highest BCUT2D eigenvalue weighted by Gasteiger charge is 2.33. The zero-order valence-electron chi connectivity index (χ0n) is 15.0. The number of nitrogens with one attached hydrogen (secondary N) is 1. The first kappa shape index (κ1) is 16.8. The molecule has 1 aliphatic rings. The fourth-order valence-corrected chi connectivity index (χ4v) is 5.21. The van der Waals surface area contributed by atoms with Crippen LogP contribution < -0.4 is 4.90 Å². The normalized spacial score (nSPS) is 16.9. The molecule has 5 rings (SSSR count). The number of fused-ring (bicyclic) bond motifs is 4. The molecule has 0 fully saturated rings. The first-order valence-corrected chi connectivity index (χ1v) is 10.1. The molecule has 1 N–H and O–H groups in total. The van der Waals surface area contributed by atoms with Gasteiger partial charge in [-0.05, 0) is 55.3 Å². The Balaban J connectivity index is 1.63. The van der Waals surface area contributed by atoms with E-state index in [0.717, 1.165) is 32.8 Å². The van der Waals surface area contributed by atoms with Gasteiger partial charge in [0.1, 0.15) is 5.78 Å². The third kappa shape index (κ3) is 2.73. The Kier molecular flexibility index (Phi) is 3.78. The first-order valence-electron chi connectivity index (χ1n) is 8.92. The van der Waals surface area contributed by atoms with Gasteiger partial charge in [-0.2, -0.15) is 0 Å². The van der Waals surface area contributed by atoms with Gasteiger partial charge in [0.2, 0.25) is 0 Å². The Morgan fingerprint density at radius 3 is 2.96 bits per heavy atom. The number of aryl methyl sites for hydroxylation is 1. The number of halogens is 1. The van der Waals surface area contributed by atoms with Crippen molar-refractivity contribution in [2.24, 2.45) is 0 Å². The molecule has 2 aromatic heterocycles. The summed E-state index contributed by atoms with van der Waals surface area (Å²) < 4.78 is 1.18. The number of carbonyl (C=O) groups is 1. The molecule has 1 aliphatic heterocycles. The maximum absolute atomic E-state index is 12.5. The summed E-state index contributed by atoms with van der Waals surface area (Å²) in [6.07, 6.45) is 0. The van der Waals surface area contributed by atoms with E-state index in [1.54, 1.807) is 18.3 Å². The number of H-pyrrole nitrogens is 1. The van der Waals surface area contributed by atoms with Gasteiger partial charge in [-0.3, -0.25) is 4.79 Å². The monoisotopic (exact) mass is 395 g/mol. The van der Waals surface area contributed by atoms with E-state index in [9.17, 15) is 4.79 Å². The quantitative estimate of drug-likeness (QED) is 0.492. The van der Waals surface area contributed by atoms with Gasteiger partial charge in [-0.1, -0.05) is 29.0 Å². The SMILES string of the molecule is CC(=O)C1CN(c2nc3ccc(C)cc3s2)Cc2[nH]c3ccc(Cl)cc3c21. The van der Waals surface area contributed by atoms with Crippen molar-refractivity contribution in [2.45, 2.75) is 26.3 Å². The molecule has 4 aromatic rings. The van der Waals surface area contributed by atoms with Crippen LogP contribution in [0.3, 0.4) is 0 Å². The Labute approximate surface area is 165 Å². The predicted octanol–water partition coefficient (Wildman–Crippen LogP) is 5.43. The van der Waals surface area contributed by atoms with Gasteiger partial charge < -0.3 is 9.88 Å². The molecular weight excluding hydrogens is 378 g/mol. The molecule has 0 radical (unpaired) electrons. The van der Waals surface area contributed by atoms with E-state index in [1.807, 2.05) is 18.2 Å². The molecule has 2 aromatic carbocycles. The third-order valence-corrected chi connectivity index (χ3v) is 6.59. The lowest BCUT2D eigenvalue weighted by Gasteiger charge is -2.31. The fourth-order valence-electron chi connectivity index (χ4n) is 3.96. The van der Waals surface area contributed by atoms with Gasteiger partial charge in [0.25, 0.3) is 0 Å². The van der Waals surface area contributed by atoms with Crippen molar-refractivity contribution in [1.29, 1.82) is 0 Å². The second-order valence-electron chi connectivity index (χ2n) is 7.22. The predicted molar refractivity (Wildman–Crippen MR) is 112 cm³/mol. The van der Waals surface area contributed by atoms with Gasteiger partial charge in [0.05, 0.1) is 22.7 Å². The van der Waals surface area contributed by atoms with Crippen molar-refractivity contribution in [1.82, 2.24) is 9.97 Å². The number of anilines is 1. The smallest absolute Gasteiger partial charge is 0.186 e. The van der Waals surface area contributed by atoms with Crippen LogP contribution in [0.2, 0.25) is 5.02 Å². The minimum Gasteiger partial charge on any atom is -0.357 e. The van der Waals surface area contributed by atoms with E-state index >= 15 is 0 Å². The largest absolute Gasteiger partial charge is 0.357 e. The Morgan fingerprint density at radius 2 is 2.15 bits per heavy atom. The van der Waals surface area contributed by atoms with E-state index in [-0.39, 0.29) is 11.7 Å². The summed E-state index contributed by atoms with van der Waals surface area (Å²) in [5.41, 5.74) is 5.43. The molecule has 27 heavy (non-hydrogen) atoms. The Hall–Kier alpha value is -2.37. The molecule has 0 saturated heterocycles. The second kappa shape index (κ2) is 6.08. The van der Waals surface area contributed by atoms with Crippen LogP contribution in [0.4, 0.5) is 5.13 Å². The summed E-state index contributed by atoms with van der Waals surface area (Å²) in [7, 11) is 0. The average molecular weight is 396 g/mol. The summed E-state index contributed by atoms with van der Waals surface area (Å²) in [6, 6.07) is 12.1.